The molecule has 1 aromatic heterocycles. The molecule has 7 nitrogen and oxygen atoms in total. The number of nitrogens with zero attached hydrogens (tertiary/aromatic N) is 2. The van der Waals surface area contributed by atoms with Gasteiger partial charge in [-0.15, -0.1) is 0 Å². The molecule has 1 aromatic rings. The minimum absolute atomic E-state index is 0.127. The van der Waals surface area contributed by atoms with Crippen molar-refractivity contribution in [1.29, 1.82) is 0 Å². The molecule has 1 heterocycles. The molecular formula is C13H22N4O3. The van der Waals surface area contributed by atoms with Crippen molar-refractivity contribution in [3.63, 3.8) is 0 Å². The third-order valence-electron chi connectivity index (χ3n) is 3.32. The summed E-state index contributed by atoms with van der Waals surface area (Å²) >= 11 is 0. The molecule has 0 radical (unpaired) electrons. The maximum absolute atomic E-state index is 11.8. The quantitative estimate of drug-likeness (QED) is 0.726. The van der Waals surface area contributed by atoms with E-state index >= 15 is 0 Å². The Morgan fingerprint density at radius 2 is 2.15 bits per heavy atom. The molecule has 0 aliphatic rings. The topological polar surface area (TPSA) is 96.3 Å². The van der Waals surface area contributed by atoms with Gasteiger partial charge in [0.25, 0.3) is 0 Å². The highest BCUT2D eigenvalue weighted by atomic mass is 16.4. The summed E-state index contributed by atoms with van der Waals surface area (Å²) in [6.45, 7) is 5.86. The molecule has 20 heavy (non-hydrogen) atoms. The molecule has 3 N–H and O–H groups in total. The van der Waals surface area contributed by atoms with Crippen LogP contribution >= 0.6 is 0 Å². The van der Waals surface area contributed by atoms with Crippen LogP contribution in [0.2, 0.25) is 0 Å². The minimum atomic E-state index is -1.02. The first-order valence-corrected chi connectivity index (χ1v) is 6.61. The molecule has 0 aliphatic carbocycles. The van der Waals surface area contributed by atoms with Crippen LogP contribution in [0.1, 0.15) is 31.5 Å². The Morgan fingerprint density at radius 3 is 2.60 bits per heavy atom. The number of carbonyl (C=O) groups excluding carboxylic acids is 1. The molecular weight excluding hydrogens is 260 g/mol. The summed E-state index contributed by atoms with van der Waals surface area (Å²) in [5.41, 5.74) is 1.74. The van der Waals surface area contributed by atoms with Gasteiger partial charge in [0.1, 0.15) is 6.04 Å². The number of hydrogen-bond donors (Lipinski definition) is 3. The molecule has 0 saturated heterocycles. The van der Waals surface area contributed by atoms with Crippen LogP contribution in [0.4, 0.5) is 4.79 Å². The Balaban J connectivity index is 2.54. The fourth-order valence-corrected chi connectivity index (χ4v) is 1.87. The molecule has 7 heteroatoms. The molecule has 1 rings (SSSR count). The molecule has 0 unspecified atom stereocenters. The molecule has 2 atom stereocenters. The van der Waals surface area contributed by atoms with E-state index in [2.05, 4.69) is 15.7 Å². The molecule has 112 valence electrons. The van der Waals surface area contributed by atoms with E-state index in [0.717, 1.165) is 11.3 Å². The highest BCUT2D eigenvalue weighted by Crippen LogP contribution is 2.08. The Kier molecular flexibility index (Phi) is 5.54. The van der Waals surface area contributed by atoms with E-state index in [9.17, 15) is 9.59 Å². The second kappa shape index (κ2) is 6.93. The average Bonchev–Trinajstić information content (AvgIpc) is 2.70. The van der Waals surface area contributed by atoms with E-state index in [1.165, 1.54) is 0 Å². The normalized spacial score (nSPS) is 13.6. The van der Waals surface area contributed by atoms with E-state index in [-0.39, 0.29) is 5.92 Å². The fraction of sp³-hybridized carbons (Fsp3) is 0.615. The SMILES string of the molecule is CC[C@H](C)[C@H](NC(=O)NCc1cn(C)nc1C)C(=O)O. The number of hydrogen-bond acceptors (Lipinski definition) is 3. The van der Waals surface area contributed by atoms with Crippen LogP contribution in [-0.4, -0.2) is 32.9 Å². The maximum atomic E-state index is 11.8. The molecule has 0 aliphatic heterocycles. The number of carbonyl (C=O) groups is 2. The zero-order chi connectivity index (χ0) is 15.3. The van der Waals surface area contributed by atoms with Crippen LogP contribution in [0.5, 0.6) is 0 Å². The van der Waals surface area contributed by atoms with E-state index in [0.29, 0.717) is 13.0 Å². The first-order valence-electron chi connectivity index (χ1n) is 6.61. The molecule has 0 fully saturated rings. The monoisotopic (exact) mass is 282 g/mol. The van der Waals surface area contributed by atoms with Crippen LogP contribution in [0.25, 0.3) is 0 Å². The largest absolute Gasteiger partial charge is 0.480 e. The average molecular weight is 282 g/mol. The van der Waals surface area contributed by atoms with Gasteiger partial charge in [-0.3, -0.25) is 4.68 Å². The van der Waals surface area contributed by atoms with Gasteiger partial charge in [0.2, 0.25) is 0 Å². The second-order valence-corrected chi connectivity index (χ2v) is 4.94. The van der Waals surface area contributed by atoms with Crippen molar-refractivity contribution in [3.8, 4) is 0 Å². The van der Waals surface area contributed by atoms with Gasteiger partial charge in [-0.1, -0.05) is 20.3 Å². The number of aromatic nitrogens is 2. The number of carboxylic acid groups (broad SMARTS) is 1. The van der Waals surface area contributed by atoms with E-state index < -0.39 is 18.0 Å². The molecule has 2 amide bonds. The number of aliphatic carboxylic acids is 1. The Morgan fingerprint density at radius 1 is 1.50 bits per heavy atom. The number of rotatable bonds is 6. The highest BCUT2D eigenvalue weighted by Gasteiger charge is 2.25. The minimum Gasteiger partial charge on any atom is -0.480 e. The summed E-state index contributed by atoms with van der Waals surface area (Å²) in [7, 11) is 1.81. The van der Waals surface area contributed by atoms with Crippen LogP contribution in [0, 0.1) is 12.8 Å². The molecule has 0 spiro atoms. The summed E-state index contributed by atoms with van der Waals surface area (Å²) in [6.07, 6.45) is 2.50. The fourth-order valence-electron chi connectivity index (χ4n) is 1.87. The van der Waals surface area contributed by atoms with Crippen molar-refractivity contribution in [3.05, 3.63) is 17.5 Å². The maximum Gasteiger partial charge on any atom is 0.326 e. The van der Waals surface area contributed by atoms with E-state index in [1.807, 2.05) is 20.0 Å². The first-order chi connectivity index (χ1) is 9.35. The lowest BCUT2D eigenvalue weighted by atomic mass is 9.99. The Hall–Kier alpha value is -2.05. The Labute approximate surface area is 118 Å². The van der Waals surface area contributed by atoms with Gasteiger partial charge in [0.15, 0.2) is 0 Å². The van der Waals surface area contributed by atoms with Gasteiger partial charge in [0.05, 0.1) is 5.69 Å². The van der Waals surface area contributed by atoms with Crippen molar-refractivity contribution < 1.29 is 14.7 Å². The van der Waals surface area contributed by atoms with E-state index in [1.54, 1.807) is 18.7 Å². The van der Waals surface area contributed by atoms with Gasteiger partial charge in [-0.25, -0.2) is 9.59 Å². The lowest BCUT2D eigenvalue weighted by Crippen LogP contribution is -2.48. The van der Waals surface area contributed by atoms with Gasteiger partial charge in [-0.05, 0) is 12.8 Å². The second-order valence-electron chi connectivity index (χ2n) is 4.94. The smallest absolute Gasteiger partial charge is 0.326 e. The summed E-state index contributed by atoms with van der Waals surface area (Å²) < 4.78 is 1.67. The van der Waals surface area contributed by atoms with Crippen LogP contribution in [-0.2, 0) is 18.4 Å². The molecule has 0 saturated carbocycles. The number of nitrogens with one attached hydrogen (secondary N) is 2. The van der Waals surface area contributed by atoms with Crippen molar-refractivity contribution >= 4 is 12.0 Å². The summed E-state index contributed by atoms with van der Waals surface area (Å²) in [5.74, 6) is -1.15. The third-order valence-corrected chi connectivity index (χ3v) is 3.32. The van der Waals surface area contributed by atoms with E-state index in [4.69, 9.17) is 5.11 Å². The van der Waals surface area contributed by atoms with Crippen LogP contribution in [0.15, 0.2) is 6.20 Å². The summed E-state index contributed by atoms with van der Waals surface area (Å²) in [6, 6.07) is -1.36. The first kappa shape index (κ1) is 16.0. The van der Waals surface area contributed by atoms with Gasteiger partial charge in [-0.2, -0.15) is 5.10 Å². The zero-order valence-electron chi connectivity index (χ0n) is 12.3. The van der Waals surface area contributed by atoms with Crippen molar-refractivity contribution in [1.82, 2.24) is 20.4 Å². The van der Waals surface area contributed by atoms with Gasteiger partial charge < -0.3 is 15.7 Å². The molecule has 0 bridgehead atoms. The van der Waals surface area contributed by atoms with Crippen molar-refractivity contribution in [2.45, 2.75) is 39.8 Å². The lowest BCUT2D eigenvalue weighted by Gasteiger charge is -2.20. The zero-order valence-corrected chi connectivity index (χ0v) is 12.3. The highest BCUT2D eigenvalue weighted by molar-refractivity contribution is 5.82. The van der Waals surface area contributed by atoms with Crippen molar-refractivity contribution in [2.24, 2.45) is 13.0 Å². The number of aryl methyl sites for hydroxylation is 2. The Bertz CT molecular complexity index is 484. The van der Waals surface area contributed by atoms with Gasteiger partial charge >= 0.3 is 12.0 Å². The summed E-state index contributed by atoms with van der Waals surface area (Å²) in [5, 5.41) is 18.4. The van der Waals surface area contributed by atoms with Crippen LogP contribution in [0.3, 0.4) is 0 Å². The number of amides is 2. The predicted molar refractivity (Wildman–Crippen MR) is 74.2 cm³/mol. The van der Waals surface area contributed by atoms with Gasteiger partial charge in [0, 0.05) is 25.4 Å². The third kappa shape index (κ3) is 4.25. The molecule has 0 aromatic carbocycles. The summed E-state index contributed by atoms with van der Waals surface area (Å²) in [4.78, 5) is 22.9. The standard InChI is InChI=1S/C13H22N4O3/c1-5-8(2)11(12(18)19)15-13(20)14-6-10-7-17(4)16-9(10)3/h7-8,11H,5-6H2,1-4H3,(H,18,19)(H2,14,15,20)/t8-,11-/m0/s1. The number of carboxylic acids is 1. The predicted octanol–water partition coefficient (Wildman–Crippen LogP) is 1.03. The van der Waals surface area contributed by atoms with Crippen LogP contribution < -0.4 is 10.6 Å². The van der Waals surface area contributed by atoms with Crippen molar-refractivity contribution in [2.75, 3.05) is 0 Å². The number of urea groups is 1. The lowest BCUT2D eigenvalue weighted by molar-refractivity contribution is -0.140.